The van der Waals surface area contributed by atoms with Gasteiger partial charge in [0, 0.05) is 23.3 Å². The van der Waals surface area contributed by atoms with Crippen LogP contribution in [0.25, 0.3) is 11.3 Å². The molecule has 0 fully saturated rings. The van der Waals surface area contributed by atoms with E-state index in [-0.39, 0.29) is 11.7 Å². The standard InChI is InChI=1S/C18H16FN3O2S/c1-18(2,24-14-7-5-13(19)6-8-14)16(23)22-17-21-15(11-25-17)12-4-3-9-20-10-12/h3-11H,1-2H3,(H,21,22,23). The predicted molar refractivity (Wildman–Crippen MR) is 95.1 cm³/mol. The number of pyridine rings is 1. The number of anilines is 1. The summed E-state index contributed by atoms with van der Waals surface area (Å²) in [6.07, 6.45) is 3.40. The Labute approximate surface area is 148 Å². The van der Waals surface area contributed by atoms with Crippen LogP contribution in [-0.2, 0) is 4.79 Å². The molecule has 25 heavy (non-hydrogen) atoms. The maximum Gasteiger partial charge on any atom is 0.269 e. The van der Waals surface area contributed by atoms with Gasteiger partial charge in [-0.1, -0.05) is 0 Å². The second-order valence-corrected chi connectivity index (χ2v) is 6.66. The van der Waals surface area contributed by atoms with Gasteiger partial charge in [0.1, 0.15) is 11.6 Å². The monoisotopic (exact) mass is 357 g/mol. The molecule has 2 aromatic heterocycles. The van der Waals surface area contributed by atoms with Crippen LogP contribution in [0.3, 0.4) is 0 Å². The molecule has 1 N–H and O–H groups in total. The number of aromatic nitrogens is 2. The number of hydrogen-bond donors (Lipinski definition) is 1. The van der Waals surface area contributed by atoms with Crippen molar-refractivity contribution >= 4 is 22.4 Å². The molecule has 7 heteroatoms. The fraction of sp³-hybridized carbons (Fsp3) is 0.167. The zero-order valence-corrected chi connectivity index (χ0v) is 14.5. The Balaban J connectivity index is 1.68. The second kappa shape index (κ2) is 6.98. The number of hydrogen-bond acceptors (Lipinski definition) is 5. The first kappa shape index (κ1) is 17.0. The minimum atomic E-state index is -1.14. The van der Waals surface area contributed by atoms with Crippen molar-refractivity contribution in [2.24, 2.45) is 0 Å². The van der Waals surface area contributed by atoms with Gasteiger partial charge in [0.25, 0.3) is 5.91 Å². The van der Waals surface area contributed by atoms with Gasteiger partial charge >= 0.3 is 0 Å². The zero-order chi connectivity index (χ0) is 17.9. The molecular weight excluding hydrogens is 341 g/mol. The van der Waals surface area contributed by atoms with Crippen LogP contribution in [0.5, 0.6) is 5.75 Å². The van der Waals surface area contributed by atoms with Gasteiger partial charge in [-0.05, 0) is 50.2 Å². The molecule has 0 aliphatic heterocycles. The topological polar surface area (TPSA) is 64.1 Å². The van der Waals surface area contributed by atoms with E-state index in [4.69, 9.17) is 4.74 Å². The van der Waals surface area contributed by atoms with Crippen LogP contribution in [0.1, 0.15) is 13.8 Å². The van der Waals surface area contributed by atoms with Crippen molar-refractivity contribution < 1.29 is 13.9 Å². The van der Waals surface area contributed by atoms with E-state index >= 15 is 0 Å². The van der Waals surface area contributed by atoms with E-state index in [9.17, 15) is 9.18 Å². The Hall–Kier alpha value is -2.80. The summed E-state index contributed by atoms with van der Waals surface area (Å²) in [5.74, 6) is -0.291. The molecule has 1 amide bonds. The van der Waals surface area contributed by atoms with E-state index in [1.165, 1.54) is 35.6 Å². The maximum absolute atomic E-state index is 13.0. The van der Waals surface area contributed by atoms with Gasteiger partial charge in [0.15, 0.2) is 10.7 Å². The summed E-state index contributed by atoms with van der Waals surface area (Å²) in [6, 6.07) is 9.25. The number of ether oxygens (including phenoxy) is 1. The normalized spacial score (nSPS) is 11.2. The average molecular weight is 357 g/mol. The molecule has 0 aliphatic rings. The maximum atomic E-state index is 13.0. The summed E-state index contributed by atoms with van der Waals surface area (Å²) < 4.78 is 18.6. The Bertz CT molecular complexity index is 864. The summed E-state index contributed by atoms with van der Waals surface area (Å²) in [5.41, 5.74) is 0.476. The number of carbonyl (C=O) groups is 1. The van der Waals surface area contributed by atoms with Gasteiger partial charge in [-0.15, -0.1) is 11.3 Å². The summed E-state index contributed by atoms with van der Waals surface area (Å²) in [4.78, 5) is 20.9. The second-order valence-electron chi connectivity index (χ2n) is 5.80. The van der Waals surface area contributed by atoms with E-state index in [1.807, 2.05) is 17.5 Å². The molecule has 0 bridgehead atoms. The first-order chi connectivity index (χ1) is 11.9. The van der Waals surface area contributed by atoms with Crippen molar-refractivity contribution in [2.45, 2.75) is 19.4 Å². The van der Waals surface area contributed by atoms with Crippen LogP contribution in [0.2, 0.25) is 0 Å². The molecule has 2 heterocycles. The van der Waals surface area contributed by atoms with Crippen LogP contribution in [0, 0.1) is 5.82 Å². The lowest BCUT2D eigenvalue weighted by Crippen LogP contribution is -2.42. The lowest BCUT2D eigenvalue weighted by molar-refractivity contribution is -0.128. The van der Waals surface area contributed by atoms with E-state index in [1.54, 1.807) is 26.2 Å². The van der Waals surface area contributed by atoms with E-state index < -0.39 is 5.60 Å². The number of rotatable bonds is 5. The van der Waals surface area contributed by atoms with Crippen LogP contribution < -0.4 is 10.1 Å². The van der Waals surface area contributed by atoms with Gasteiger partial charge < -0.3 is 4.74 Å². The molecule has 0 atom stereocenters. The Morgan fingerprint density at radius 1 is 1.24 bits per heavy atom. The van der Waals surface area contributed by atoms with Crippen LogP contribution >= 0.6 is 11.3 Å². The van der Waals surface area contributed by atoms with Gasteiger partial charge in [-0.3, -0.25) is 15.1 Å². The SMILES string of the molecule is CC(C)(Oc1ccc(F)cc1)C(=O)Nc1nc(-c2cccnc2)cs1. The molecule has 1 aromatic carbocycles. The predicted octanol–water partition coefficient (Wildman–Crippen LogP) is 4.14. The summed E-state index contributed by atoms with van der Waals surface area (Å²) >= 11 is 1.32. The number of benzene rings is 1. The molecule has 0 spiro atoms. The average Bonchev–Trinajstić information content (AvgIpc) is 3.06. The van der Waals surface area contributed by atoms with E-state index in [2.05, 4.69) is 15.3 Å². The highest BCUT2D eigenvalue weighted by Gasteiger charge is 2.30. The molecule has 128 valence electrons. The molecule has 0 radical (unpaired) electrons. The third-order valence-corrected chi connectivity index (χ3v) is 4.17. The van der Waals surface area contributed by atoms with Gasteiger partial charge in [0.2, 0.25) is 0 Å². The first-order valence-corrected chi connectivity index (χ1v) is 8.44. The molecule has 3 aromatic rings. The number of carbonyl (C=O) groups excluding carboxylic acids is 1. The highest BCUT2D eigenvalue weighted by molar-refractivity contribution is 7.14. The van der Waals surface area contributed by atoms with Gasteiger partial charge in [-0.2, -0.15) is 0 Å². The number of nitrogens with zero attached hydrogens (tertiary/aromatic N) is 2. The van der Waals surface area contributed by atoms with Crippen molar-refractivity contribution in [3.63, 3.8) is 0 Å². The smallest absolute Gasteiger partial charge is 0.269 e. The summed E-state index contributed by atoms with van der Waals surface area (Å²) in [5, 5.41) is 5.07. The Morgan fingerprint density at radius 2 is 2.00 bits per heavy atom. The Kier molecular flexibility index (Phi) is 4.76. The van der Waals surface area contributed by atoms with Gasteiger partial charge in [-0.25, -0.2) is 9.37 Å². The van der Waals surface area contributed by atoms with Crippen molar-refractivity contribution in [2.75, 3.05) is 5.32 Å². The number of halogens is 1. The number of thiazole rings is 1. The third-order valence-electron chi connectivity index (χ3n) is 3.42. The Morgan fingerprint density at radius 3 is 2.68 bits per heavy atom. The minimum Gasteiger partial charge on any atom is -0.478 e. The van der Waals surface area contributed by atoms with Crippen molar-refractivity contribution in [3.8, 4) is 17.0 Å². The molecule has 0 saturated carbocycles. The molecule has 0 unspecified atom stereocenters. The van der Waals surface area contributed by atoms with Crippen LogP contribution in [0.4, 0.5) is 9.52 Å². The molecule has 5 nitrogen and oxygen atoms in total. The van der Waals surface area contributed by atoms with Gasteiger partial charge in [0.05, 0.1) is 5.69 Å². The highest BCUT2D eigenvalue weighted by Crippen LogP contribution is 2.26. The molecular formula is C18H16FN3O2S. The van der Waals surface area contributed by atoms with E-state index in [0.717, 1.165) is 11.3 Å². The summed E-state index contributed by atoms with van der Waals surface area (Å²) in [7, 11) is 0. The third kappa shape index (κ3) is 4.19. The quantitative estimate of drug-likeness (QED) is 0.745. The molecule has 0 aliphatic carbocycles. The van der Waals surface area contributed by atoms with Crippen LogP contribution in [-0.4, -0.2) is 21.5 Å². The van der Waals surface area contributed by atoms with Crippen LogP contribution in [0.15, 0.2) is 54.2 Å². The van der Waals surface area contributed by atoms with Crippen molar-refractivity contribution in [1.29, 1.82) is 0 Å². The first-order valence-electron chi connectivity index (χ1n) is 7.56. The lowest BCUT2D eigenvalue weighted by atomic mass is 10.1. The summed E-state index contributed by atoms with van der Waals surface area (Å²) in [6.45, 7) is 3.28. The van der Waals surface area contributed by atoms with E-state index in [0.29, 0.717) is 10.9 Å². The lowest BCUT2D eigenvalue weighted by Gasteiger charge is -2.24. The fourth-order valence-electron chi connectivity index (χ4n) is 2.07. The number of nitrogens with one attached hydrogen (secondary N) is 1. The molecule has 3 rings (SSSR count). The molecule has 0 saturated heterocycles. The fourth-order valence-corrected chi connectivity index (χ4v) is 2.78. The zero-order valence-electron chi connectivity index (χ0n) is 13.7. The van der Waals surface area contributed by atoms with Crippen molar-refractivity contribution in [3.05, 3.63) is 60.0 Å². The minimum absolute atomic E-state index is 0.344. The number of amides is 1. The van der Waals surface area contributed by atoms with Crippen molar-refractivity contribution in [1.82, 2.24) is 9.97 Å². The highest BCUT2D eigenvalue weighted by atomic mass is 32.1. The largest absolute Gasteiger partial charge is 0.478 e.